The molecule has 1 N–H and O–H groups in total. The molecule has 0 aromatic carbocycles. The van der Waals surface area contributed by atoms with Crippen LogP contribution in [0, 0.1) is 0 Å². The second-order valence-electron chi connectivity index (χ2n) is 4.41. The summed E-state index contributed by atoms with van der Waals surface area (Å²) >= 11 is 5.24. The Hall–Kier alpha value is -0.940. The van der Waals surface area contributed by atoms with Crippen LogP contribution in [0.2, 0.25) is 0 Å². The third-order valence-electron chi connectivity index (χ3n) is 3.18. The van der Waals surface area contributed by atoms with Gasteiger partial charge in [-0.25, -0.2) is 9.97 Å². The van der Waals surface area contributed by atoms with E-state index < -0.39 is 0 Å². The van der Waals surface area contributed by atoms with Gasteiger partial charge in [-0.2, -0.15) is 0 Å². The summed E-state index contributed by atoms with van der Waals surface area (Å²) in [5.41, 5.74) is 2.55. The van der Waals surface area contributed by atoms with Crippen molar-refractivity contribution in [3.05, 3.63) is 38.4 Å². The van der Waals surface area contributed by atoms with Crippen LogP contribution in [0.1, 0.15) is 29.0 Å². The van der Waals surface area contributed by atoms with Crippen molar-refractivity contribution in [1.82, 2.24) is 9.97 Å². The average molecular weight is 324 g/mol. The molecule has 3 rings (SSSR count). The lowest BCUT2D eigenvalue weighted by Gasteiger charge is -2.17. The Morgan fingerprint density at radius 2 is 2.11 bits per heavy atom. The van der Waals surface area contributed by atoms with Crippen LogP contribution in [-0.4, -0.2) is 9.97 Å². The normalized spacial score (nSPS) is 14.3. The van der Waals surface area contributed by atoms with Gasteiger partial charge in [0, 0.05) is 16.1 Å². The van der Waals surface area contributed by atoms with E-state index in [4.69, 9.17) is 0 Å². The molecule has 2 aromatic rings. The van der Waals surface area contributed by atoms with Crippen molar-refractivity contribution in [2.75, 3.05) is 5.32 Å². The Kier molecular flexibility index (Phi) is 3.61. The van der Waals surface area contributed by atoms with Crippen molar-refractivity contribution in [3.63, 3.8) is 0 Å². The number of nitrogens with zero attached hydrogens (tertiary/aromatic N) is 2. The quantitative estimate of drug-likeness (QED) is 0.933. The zero-order valence-corrected chi connectivity index (χ0v) is 12.4. The van der Waals surface area contributed by atoms with Crippen molar-refractivity contribution >= 4 is 33.1 Å². The SMILES string of the molecule is Brc1ccc(CNc2ncnc3c2CCCC3)s1. The Bertz CT molecular complexity index is 553. The summed E-state index contributed by atoms with van der Waals surface area (Å²) in [6.07, 6.45) is 6.38. The summed E-state index contributed by atoms with van der Waals surface area (Å²) in [5, 5.41) is 3.44. The van der Waals surface area contributed by atoms with Gasteiger partial charge < -0.3 is 5.32 Å². The first-order valence-corrected chi connectivity index (χ1v) is 7.75. The number of hydrogen-bond acceptors (Lipinski definition) is 4. The molecule has 0 spiro atoms. The number of fused-ring (bicyclic) bond motifs is 1. The van der Waals surface area contributed by atoms with Gasteiger partial charge >= 0.3 is 0 Å². The fourth-order valence-corrected chi connectivity index (χ4v) is 3.71. The molecular formula is C13H14BrN3S. The first kappa shape index (κ1) is 12.1. The minimum absolute atomic E-state index is 0.833. The molecule has 0 fully saturated rings. The number of aromatic nitrogens is 2. The Morgan fingerprint density at radius 3 is 2.94 bits per heavy atom. The second kappa shape index (κ2) is 5.36. The summed E-state index contributed by atoms with van der Waals surface area (Å²) in [7, 11) is 0. The molecule has 1 aliphatic carbocycles. The number of nitrogens with one attached hydrogen (secondary N) is 1. The maximum atomic E-state index is 4.38. The Labute approximate surface area is 119 Å². The van der Waals surface area contributed by atoms with Gasteiger partial charge in [0.15, 0.2) is 0 Å². The van der Waals surface area contributed by atoms with Crippen LogP contribution in [0.25, 0.3) is 0 Å². The first-order valence-electron chi connectivity index (χ1n) is 6.14. The van der Waals surface area contributed by atoms with Gasteiger partial charge in [-0.15, -0.1) is 11.3 Å². The molecular weight excluding hydrogens is 310 g/mol. The lowest BCUT2D eigenvalue weighted by Crippen LogP contribution is -2.11. The number of halogens is 1. The third kappa shape index (κ3) is 2.57. The fraction of sp³-hybridized carbons (Fsp3) is 0.385. The van der Waals surface area contributed by atoms with Crippen LogP contribution in [0.4, 0.5) is 5.82 Å². The molecule has 0 atom stereocenters. The number of aryl methyl sites for hydroxylation is 1. The highest BCUT2D eigenvalue weighted by Crippen LogP contribution is 2.26. The largest absolute Gasteiger partial charge is 0.365 e. The molecule has 0 radical (unpaired) electrons. The van der Waals surface area contributed by atoms with E-state index in [0.29, 0.717) is 0 Å². The standard InChI is InChI=1S/C13H14BrN3S/c14-12-6-5-9(18-12)7-15-13-10-3-1-2-4-11(10)16-8-17-13/h5-6,8H,1-4,7H2,(H,15,16,17). The van der Waals surface area contributed by atoms with Crippen molar-refractivity contribution in [2.45, 2.75) is 32.2 Å². The van der Waals surface area contributed by atoms with Crippen LogP contribution >= 0.6 is 27.3 Å². The lowest BCUT2D eigenvalue weighted by atomic mass is 9.96. The molecule has 0 saturated heterocycles. The van der Waals surface area contributed by atoms with Gasteiger partial charge in [0.05, 0.1) is 10.3 Å². The zero-order chi connectivity index (χ0) is 12.4. The molecule has 0 bridgehead atoms. The van der Waals surface area contributed by atoms with Gasteiger partial charge in [-0.1, -0.05) is 0 Å². The molecule has 0 unspecified atom stereocenters. The van der Waals surface area contributed by atoms with E-state index in [9.17, 15) is 0 Å². The number of thiophene rings is 1. The smallest absolute Gasteiger partial charge is 0.133 e. The lowest BCUT2D eigenvalue weighted by molar-refractivity contribution is 0.663. The minimum Gasteiger partial charge on any atom is -0.365 e. The highest BCUT2D eigenvalue weighted by atomic mass is 79.9. The topological polar surface area (TPSA) is 37.8 Å². The molecule has 18 heavy (non-hydrogen) atoms. The van der Waals surface area contributed by atoms with Gasteiger partial charge in [0.1, 0.15) is 12.1 Å². The van der Waals surface area contributed by atoms with E-state index >= 15 is 0 Å². The molecule has 2 heterocycles. The van der Waals surface area contributed by atoms with Crippen molar-refractivity contribution in [1.29, 1.82) is 0 Å². The van der Waals surface area contributed by atoms with Crippen LogP contribution in [0.15, 0.2) is 22.2 Å². The van der Waals surface area contributed by atoms with Crippen LogP contribution in [0.5, 0.6) is 0 Å². The van der Waals surface area contributed by atoms with E-state index in [-0.39, 0.29) is 0 Å². The van der Waals surface area contributed by atoms with Gasteiger partial charge in [0.25, 0.3) is 0 Å². The summed E-state index contributed by atoms with van der Waals surface area (Å²) in [4.78, 5) is 10.1. The number of anilines is 1. The highest BCUT2D eigenvalue weighted by Gasteiger charge is 2.15. The monoisotopic (exact) mass is 323 g/mol. The molecule has 0 amide bonds. The van der Waals surface area contributed by atoms with Crippen molar-refractivity contribution < 1.29 is 0 Å². The van der Waals surface area contributed by atoms with E-state index in [0.717, 1.165) is 25.2 Å². The van der Waals surface area contributed by atoms with Gasteiger partial charge in [-0.05, 0) is 53.7 Å². The predicted molar refractivity (Wildman–Crippen MR) is 78.0 cm³/mol. The number of rotatable bonds is 3. The summed E-state index contributed by atoms with van der Waals surface area (Å²) < 4.78 is 1.17. The van der Waals surface area contributed by atoms with Crippen LogP contribution in [-0.2, 0) is 19.4 Å². The minimum atomic E-state index is 0.833. The highest BCUT2D eigenvalue weighted by molar-refractivity contribution is 9.11. The maximum Gasteiger partial charge on any atom is 0.133 e. The first-order chi connectivity index (χ1) is 8.83. The third-order valence-corrected chi connectivity index (χ3v) is 4.81. The second-order valence-corrected chi connectivity index (χ2v) is 6.96. The van der Waals surface area contributed by atoms with E-state index in [1.165, 1.54) is 32.8 Å². The molecule has 94 valence electrons. The molecule has 3 nitrogen and oxygen atoms in total. The molecule has 0 aliphatic heterocycles. The Morgan fingerprint density at radius 1 is 1.22 bits per heavy atom. The maximum absolute atomic E-state index is 4.38. The van der Waals surface area contributed by atoms with Crippen molar-refractivity contribution in [2.24, 2.45) is 0 Å². The van der Waals surface area contributed by atoms with Crippen LogP contribution in [0.3, 0.4) is 0 Å². The number of hydrogen-bond donors (Lipinski definition) is 1. The van der Waals surface area contributed by atoms with E-state index in [1.807, 2.05) is 0 Å². The van der Waals surface area contributed by atoms with E-state index in [1.54, 1.807) is 17.7 Å². The molecule has 5 heteroatoms. The summed E-state index contributed by atoms with van der Waals surface area (Å²) in [6.45, 7) is 0.833. The summed E-state index contributed by atoms with van der Waals surface area (Å²) in [5.74, 6) is 1.02. The van der Waals surface area contributed by atoms with Crippen molar-refractivity contribution in [3.8, 4) is 0 Å². The predicted octanol–water partition coefficient (Wildman–Crippen LogP) is 3.79. The molecule has 1 aliphatic rings. The average Bonchev–Trinajstić information content (AvgIpc) is 2.82. The molecule has 2 aromatic heterocycles. The van der Waals surface area contributed by atoms with E-state index in [2.05, 4.69) is 43.3 Å². The summed E-state index contributed by atoms with van der Waals surface area (Å²) in [6, 6.07) is 4.21. The van der Waals surface area contributed by atoms with Gasteiger partial charge in [-0.3, -0.25) is 0 Å². The molecule has 0 saturated carbocycles. The zero-order valence-electron chi connectivity index (χ0n) is 9.95. The Balaban J connectivity index is 1.76. The van der Waals surface area contributed by atoms with Crippen LogP contribution < -0.4 is 5.32 Å². The fourth-order valence-electron chi connectivity index (χ4n) is 2.29. The van der Waals surface area contributed by atoms with Gasteiger partial charge in [0.2, 0.25) is 0 Å².